The van der Waals surface area contributed by atoms with E-state index in [9.17, 15) is 52.7 Å². The van der Waals surface area contributed by atoms with Crippen molar-refractivity contribution in [3.8, 4) is 0 Å². The third-order valence-corrected chi connectivity index (χ3v) is 8.01. The van der Waals surface area contributed by atoms with Gasteiger partial charge in [-0.2, -0.15) is 0 Å². The molecule has 0 saturated carbocycles. The second kappa shape index (κ2) is 16.6. The lowest BCUT2D eigenvalue weighted by molar-refractivity contribution is -0.881. The summed E-state index contributed by atoms with van der Waals surface area (Å²) in [6.07, 6.45) is -1.46. The Morgan fingerprint density at radius 3 is 0.527 bits per heavy atom. The van der Waals surface area contributed by atoms with E-state index in [4.69, 9.17) is 0 Å². The molecule has 0 unspecified atom stereocenters. The molecule has 55 heavy (non-hydrogen) atoms. The van der Waals surface area contributed by atoms with Crippen molar-refractivity contribution in [3.63, 3.8) is 0 Å². The molecule has 4 aromatic rings. The van der Waals surface area contributed by atoms with Crippen molar-refractivity contribution in [1.82, 2.24) is 0 Å². The van der Waals surface area contributed by atoms with E-state index >= 15 is 35.1 Å². The number of hydrogen-bond donors (Lipinski definition) is 1. The van der Waals surface area contributed by atoms with Crippen molar-refractivity contribution >= 4 is 28.0 Å². The number of hydrogen-bond acceptors (Lipinski definition) is 0. The van der Waals surface area contributed by atoms with Gasteiger partial charge >= 0.3 is 0 Å². The van der Waals surface area contributed by atoms with E-state index in [0.29, 0.717) is 0 Å². The van der Waals surface area contributed by atoms with E-state index in [1.807, 2.05) is 18.2 Å². The van der Waals surface area contributed by atoms with Crippen LogP contribution in [0.15, 0.2) is 38.0 Å². The number of halogens is 20. The van der Waals surface area contributed by atoms with Crippen molar-refractivity contribution in [2.45, 2.75) is 0 Å². The quantitative estimate of drug-likeness (QED) is 0.0634. The predicted octanol–water partition coefficient (Wildman–Crippen LogP) is 6.28. The van der Waals surface area contributed by atoms with Crippen LogP contribution in [0, 0.1) is 116 Å². The van der Waals surface area contributed by atoms with Gasteiger partial charge in [0.25, 0.3) is 0 Å². The molecular formula is C33H16BF20N. The predicted molar refractivity (Wildman–Crippen MR) is 155 cm³/mol. The minimum Gasteiger partial charge on any atom is -0.325 e. The highest BCUT2D eigenvalue weighted by Gasteiger charge is 2.52. The van der Waals surface area contributed by atoms with Crippen molar-refractivity contribution in [2.24, 2.45) is 0 Å². The maximum atomic E-state index is 15.4. The third-order valence-electron chi connectivity index (χ3n) is 8.01. The summed E-state index contributed by atoms with van der Waals surface area (Å²) in [5.74, 6) is -71.4. The molecule has 1 N–H and O–H groups in total. The lowest BCUT2D eigenvalue weighted by Gasteiger charge is -2.44. The second-order valence-corrected chi connectivity index (χ2v) is 11.0. The van der Waals surface area contributed by atoms with Crippen LogP contribution < -0.4 is 26.8 Å². The first-order chi connectivity index (χ1) is 25.5. The Morgan fingerprint density at radius 2 is 0.400 bits per heavy atom. The van der Waals surface area contributed by atoms with E-state index in [1.165, 1.54) is 4.90 Å². The summed E-state index contributed by atoms with van der Waals surface area (Å²) in [4.78, 5) is 1.43. The zero-order valence-electron chi connectivity index (χ0n) is 26.6. The average molecular weight is 817 g/mol. The number of nitrogens with one attached hydrogen (secondary N) is 1. The van der Waals surface area contributed by atoms with Crippen molar-refractivity contribution in [1.29, 1.82) is 0 Å². The molecule has 0 heterocycles. The Hall–Kier alpha value is -5.28. The highest BCUT2D eigenvalue weighted by molar-refractivity contribution is 7.20. The average Bonchev–Trinajstić information content (AvgIpc) is 3.15. The molecule has 0 bridgehead atoms. The minimum absolute atomic E-state index is 0.984. The van der Waals surface area contributed by atoms with Crippen molar-refractivity contribution in [2.75, 3.05) is 19.6 Å². The van der Waals surface area contributed by atoms with Gasteiger partial charge in [-0.25, -0.2) is 87.8 Å². The molecule has 0 radical (unpaired) electrons. The van der Waals surface area contributed by atoms with Gasteiger partial charge in [0.2, 0.25) is 0 Å². The Morgan fingerprint density at radius 1 is 0.273 bits per heavy atom. The van der Waals surface area contributed by atoms with Gasteiger partial charge in [0.1, 0.15) is 52.7 Å². The summed E-state index contributed by atoms with van der Waals surface area (Å²) in [5.41, 5.74) is -14.3. The van der Waals surface area contributed by atoms with Gasteiger partial charge in [-0.1, -0.05) is 19.7 Å². The molecule has 1 nitrogen and oxygen atoms in total. The van der Waals surface area contributed by atoms with Crippen LogP contribution in [0.3, 0.4) is 0 Å². The largest absolute Gasteiger partial charge is 0.325 e. The standard InChI is InChI=1S/C24BF20.C9H15N/c26-5-1(6(27)14(35)21(42)13(5)34)25(2-7(28)15(36)22(43)16(37)8(2)29,3-9(30)17(38)23(44)18(39)10(3)31)4-11(32)19(40)24(45)20(41)12(4)33;1-4-7-10(8-5-2)9-6-3/h;4-6H,1-3,7-9H2/q-1;/p+1. The summed E-state index contributed by atoms with van der Waals surface area (Å²) in [7, 11) is 0. The molecule has 0 aliphatic rings. The van der Waals surface area contributed by atoms with Crippen LogP contribution in [0.4, 0.5) is 87.8 Å². The SMILES string of the molecule is C=CC[NH+](CC=C)CC=C.Fc1c(F)c(F)c([B-](c2c(F)c(F)c(F)c(F)c2F)(c2c(F)c(F)c(F)c(F)c2F)c2c(F)c(F)c(F)c(F)c2F)c(F)c1F. The maximum absolute atomic E-state index is 15.4. The molecule has 0 aliphatic carbocycles. The number of quaternary nitrogens is 1. The molecule has 0 aromatic heterocycles. The lowest BCUT2D eigenvalue weighted by Crippen LogP contribution is -3.11. The van der Waals surface area contributed by atoms with Gasteiger partial charge in [-0.3, -0.25) is 0 Å². The second-order valence-electron chi connectivity index (χ2n) is 11.0. The van der Waals surface area contributed by atoms with Crippen LogP contribution >= 0.6 is 0 Å². The molecule has 0 atom stereocenters. The lowest BCUT2D eigenvalue weighted by atomic mass is 9.12. The van der Waals surface area contributed by atoms with E-state index in [2.05, 4.69) is 19.7 Å². The Kier molecular flexibility index (Phi) is 13.3. The molecule has 0 amide bonds. The summed E-state index contributed by atoms with van der Waals surface area (Å²) in [6, 6.07) is 0. The van der Waals surface area contributed by atoms with Crippen molar-refractivity contribution in [3.05, 3.63) is 154 Å². The van der Waals surface area contributed by atoms with Crippen LogP contribution in [-0.2, 0) is 0 Å². The van der Waals surface area contributed by atoms with Gasteiger partial charge in [0, 0.05) is 0 Å². The van der Waals surface area contributed by atoms with Crippen molar-refractivity contribution < 1.29 is 92.7 Å². The third kappa shape index (κ3) is 6.95. The maximum Gasteiger partial charge on any atom is 0.200 e. The van der Waals surface area contributed by atoms with Crippen LogP contribution in [-0.4, -0.2) is 25.8 Å². The number of rotatable bonds is 10. The number of benzene rings is 4. The molecule has 4 aromatic carbocycles. The van der Waals surface area contributed by atoms with Crippen LogP contribution in [0.2, 0.25) is 0 Å². The highest BCUT2D eigenvalue weighted by atomic mass is 19.2. The molecular weight excluding hydrogens is 801 g/mol. The molecule has 22 heteroatoms. The topological polar surface area (TPSA) is 4.44 Å². The Balaban J connectivity index is 0.000000712. The summed E-state index contributed by atoms with van der Waals surface area (Å²) in [5, 5.41) is 0. The first-order valence-electron chi connectivity index (χ1n) is 14.4. The van der Waals surface area contributed by atoms with E-state index < -0.39 is 144 Å². The Bertz CT molecular complexity index is 1810. The fraction of sp³-hybridized carbons (Fsp3) is 0.0909. The van der Waals surface area contributed by atoms with Gasteiger partial charge in [0.15, 0.2) is 69.8 Å². The highest BCUT2D eigenvalue weighted by Crippen LogP contribution is 2.30. The zero-order chi connectivity index (χ0) is 42.2. The van der Waals surface area contributed by atoms with Gasteiger partial charge < -0.3 is 4.90 Å². The molecule has 296 valence electrons. The van der Waals surface area contributed by atoms with E-state index in [1.54, 1.807) is 0 Å². The van der Waals surface area contributed by atoms with Gasteiger partial charge in [0.05, 0.1) is 19.6 Å². The van der Waals surface area contributed by atoms with Crippen LogP contribution in [0.5, 0.6) is 0 Å². The molecule has 4 rings (SSSR count). The van der Waals surface area contributed by atoms with E-state index in [-0.39, 0.29) is 0 Å². The van der Waals surface area contributed by atoms with Crippen LogP contribution in [0.25, 0.3) is 0 Å². The summed E-state index contributed by atoms with van der Waals surface area (Å²) in [6.45, 7) is 14.0. The van der Waals surface area contributed by atoms with E-state index in [0.717, 1.165) is 19.6 Å². The smallest absolute Gasteiger partial charge is 0.200 e. The Labute approximate surface area is 295 Å². The zero-order valence-corrected chi connectivity index (χ0v) is 26.6. The minimum atomic E-state index is -7.22. The molecule has 0 spiro atoms. The summed E-state index contributed by atoms with van der Waals surface area (Å²) < 4.78 is 294. The van der Waals surface area contributed by atoms with Crippen LogP contribution in [0.1, 0.15) is 0 Å². The summed E-state index contributed by atoms with van der Waals surface area (Å²) >= 11 is 0. The van der Waals surface area contributed by atoms with Gasteiger partial charge in [-0.15, -0.1) is 21.9 Å². The fourth-order valence-corrected chi connectivity index (χ4v) is 5.74. The fourth-order valence-electron chi connectivity index (χ4n) is 5.74. The molecule has 0 saturated heterocycles. The monoisotopic (exact) mass is 817 g/mol. The normalized spacial score (nSPS) is 11.5. The first-order valence-corrected chi connectivity index (χ1v) is 14.4. The molecule has 0 fully saturated rings. The molecule has 0 aliphatic heterocycles. The first kappa shape index (κ1) is 44.1. The van der Waals surface area contributed by atoms with Gasteiger partial charge in [-0.05, 0) is 18.2 Å².